The minimum absolute atomic E-state index is 0.133. The minimum atomic E-state index is -4.52. The number of nitrogens with one attached hydrogen (secondary N) is 1. The van der Waals surface area contributed by atoms with E-state index in [0.717, 1.165) is 0 Å². The summed E-state index contributed by atoms with van der Waals surface area (Å²) in [5, 5.41) is 2.38. The quantitative estimate of drug-likeness (QED) is 0.859. The van der Waals surface area contributed by atoms with Crippen molar-refractivity contribution >= 4 is 5.91 Å². The highest BCUT2D eigenvalue weighted by atomic mass is 19.4. The smallest absolute Gasteiger partial charge is 0.419 e. The minimum Gasteiger partial charge on any atom is -0.459 e. The molecule has 0 aromatic carbocycles. The van der Waals surface area contributed by atoms with Gasteiger partial charge in [-0.25, -0.2) is 0 Å². The SMILES string of the molecule is CC(C)(N)CNC(=O)c1cc(C(F)(F)F)co1. The first-order valence-electron chi connectivity index (χ1n) is 4.82. The van der Waals surface area contributed by atoms with Gasteiger partial charge in [0.2, 0.25) is 0 Å². The number of amides is 1. The van der Waals surface area contributed by atoms with Crippen LogP contribution in [0.2, 0.25) is 0 Å². The molecule has 0 aliphatic carbocycles. The van der Waals surface area contributed by atoms with Gasteiger partial charge in [-0.3, -0.25) is 4.79 Å². The third-order valence-corrected chi connectivity index (χ3v) is 1.86. The third kappa shape index (κ3) is 4.10. The molecular weight excluding hydrogens is 237 g/mol. The molecule has 7 heteroatoms. The lowest BCUT2D eigenvalue weighted by atomic mass is 10.1. The number of furan rings is 1. The Bertz CT molecular complexity index is 404. The molecule has 0 bridgehead atoms. The highest BCUT2D eigenvalue weighted by Gasteiger charge is 2.33. The van der Waals surface area contributed by atoms with Gasteiger partial charge < -0.3 is 15.5 Å². The van der Waals surface area contributed by atoms with Gasteiger partial charge >= 0.3 is 6.18 Å². The summed E-state index contributed by atoms with van der Waals surface area (Å²) >= 11 is 0. The van der Waals surface area contributed by atoms with Gasteiger partial charge in [0.1, 0.15) is 6.26 Å². The highest BCUT2D eigenvalue weighted by molar-refractivity contribution is 5.91. The van der Waals surface area contributed by atoms with E-state index in [-0.39, 0.29) is 12.3 Å². The van der Waals surface area contributed by atoms with Gasteiger partial charge in [0, 0.05) is 18.2 Å². The van der Waals surface area contributed by atoms with Crippen LogP contribution in [0.4, 0.5) is 13.2 Å². The van der Waals surface area contributed by atoms with Crippen molar-refractivity contribution in [3.63, 3.8) is 0 Å². The maximum Gasteiger partial charge on any atom is 0.419 e. The Kier molecular flexibility index (Phi) is 3.51. The number of nitrogens with two attached hydrogens (primary N) is 1. The van der Waals surface area contributed by atoms with E-state index in [1.165, 1.54) is 0 Å². The van der Waals surface area contributed by atoms with Crippen LogP contribution in [-0.4, -0.2) is 18.0 Å². The number of hydrogen-bond acceptors (Lipinski definition) is 3. The second-order valence-electron chi connectivity index (χ2n) is 4.37. The van der Waals surface area contributed by atoms with Crippen LogP contribution < -0.4 is 11.1 Å². The molecule has 0 fully saturated rings. The molecule has 0 atom stereocenters. The van der Waals surface area contributed by atoms with E-state index in [1.54, 1.807) is 13.8 Å². The Labute approximate surface area is 96.0 Å². The van der Waals surface area contributed by atoms with Crippen molar-refractivity contribution in [1.29, 1.82) is 0 Å². The van der Waals surface area contributed by atoms with E-state index in [2.05, 4.69) is 9.73 Å². The molecule has 1 heterocycles. The molecule has 1 aromatic rings. The van der Waals surface area contributed by atoms with Crippen molar-refractivity contribution in [3.05, 3.63) is 23.7 Å². The van der Waals surface area contributed by atoms with Crippen molar-refractivity contribution in [3.8, 4) is 0 Å². The molecule has 0 saturated carbocycles. The fraction of sp³-hybridized carbons (Fsp3) is 0.500. The Balaban J connectivity index is 2.68. The molecule has 0 aliphatic heterocycles. The fourth-order valence-electron chi connectivity index (χ4n) is 0.999. The number of carbonyl (C=O) groups excluding carboxylic acids is 1. The standard InChI is InChI=1S/C10H13F3N2O2/c1-9(2,14)5-15-8(16)7-3-6(4-17-7)10(11,12)13/h3-4H,5,14H2,1-2H3,(H,15,16). The summed E-state index contributed by atoms with van der Waals surface area (Å²) in [5.74, 6) is -1.11. The molecule has 0 radical (unpaired) electrons. The molecule has 96 valence electrons. The van der Waals surface area contributed by atoms with E-state index in [1.807, 2.05) is 0 Å². The van der Waals surface area contributed by atoms with Crippen LogP contribution in [0, 0.1) is 0 Å². The summed E-state index contributed by atoms with van der Waals surface area (Å²) in [6, 6.07) is 0.652. The van der Waals surface area contributed by atoms with Crippen molar-refractivity contribution in [2.24, 2.45) is 5.73 Å². The van der Waals surface area contributed by atoms with Crippen molar-refractivity contribution in [2.45, 2.75) is 25.6 Å². The van der Waals surface area contributed by atoms with E-state index in [9.17, 15) is 18.0 Å². The fourth-order valence-corrected chi connectivity index (χ4v) is 0.999. The van der Waals surface area contributed by atoms with Crippen LogP contribution >= 0.6 is 0 Å². The average molecular weight is 250 g/mol. The molecule has 0 aliphatic rings. The average Bonchev–Trinajstić information content (AvgIpc) is 2.60. The van der Waals surface area contributed by atoms with Crippen LogP contribution in [0.5, 0.6) is 0 Å². The second-order valence-corrected chi connectivity index (χ2v) is 4.37. The summed E-state index contributed by atoms with van der Waals surface area (Å²) in [7, 11) is 0. The molecule has 4 nitrogen and oxygen atoms in total. The maximum atomic E-state index is 12.2. The monoisotopic (exact) mass is 250 g/mol. The molecular formula is C10H13F3N2O2. The lowest BCUT2D eigenvalue weighted by molar-refractivity contribution is -0.137. The Hall–Kier alpha value is -1.50. The summed E-state index contributed by atoms with van der Waals surface area (Å²) in [4.78, 5) is 11.4. The lowest BCUT2D eigenvalue weighted by Gasteiger charge is -2.18. The number of hydrogen-bond donors (Lipinski definition) is 2. The van der Waals surface area contributed by atoms with E-state index >= 15 is 0 Å². The van der Waals surface area contributed by atoms with Gasteiger partial charge in [-0.2, -0.15) is 13.2 Å². The van der Waals surface area contributed by atoms with Crippen molar-refractivity contribution in [1.82, 2.24) is 5.32 Å². The molecule has 1 rings (SSSR count). The van der Waals surface area contributed by atoms with E-state index in [4.69, 9.17) is 5.73 Å². The largest absolute Gasteiger partial charge is 0.459 e. The lowest BCUT2D eigenvalue weighted by Crippen LogP contribution is -2.45. The van der Waals surface area contributed by atoms with Crippen LogP contribution in [0.25, 0.3) is 0 Å². The molecule has 0 saturated heterocycles. The number of alkyl halides is 3. The van der Waals surface area contributed by atoms with Gasteiger partial charge in [0.15, 0.2) is 5.76 Å². The summed E-state index contributed by atoms with van der Waals surface area (Å²) in [5.41, 5.74) is 3.98. The first-order chi connectivity index (χ1) is 7.59. The zero-order chi connectivity index (χ0) is 13.3. The summed E-state index contributed by atoms with van der Waals surface area (Å²) < 4.78 is 41.2. The van der Waals surface area contributed by atoms with Gasteiger partial charge in [-0.15, -0.1) is 0 Å². The molecule has 0 unspecified atom stereocenters. The zero-order valence-electron chi connectivity index (χ0n) is 9.39. The van der Waals surface area contributed by atoms with Crippen LogP contribution in [-0.2, 0) is 6.18 Å². The first-order valence-corrected chi connectivity index (χ1v) is 4.82. The van der Waals surface area contributed by atoms with Gasteiger partial charge in [0.25, 0.3) is 5.91 Å². The van der Waals surface area contributed by atoms with Crippen LogP contribution in [0.15, 0.2) is 16.7 Å². The maximum absolute atomic E-state index is 12.2. The highest BCUT2D eigenvalue weighted by Crippen LogP contribution is 2.30. The normalized spacial score (nSPS) is 12.6. The van der Waals surface area contributed by atoms with Gasteiger partial charge in [-0.05, 0) is 13.8 Å². The van der Waals surface area contributed by atoms with Gasteiger partial charge in [0.05, 0.1) is 5.56 Å². The number of halogens is 3. The van der Waals surface area contributed by atoms with Crippen LogP contribution in [0.1, 0.15) is 30.0 Å². The number of carbonyl (C=O) groups is 1. The second kappa shape index (κ2) is 4.40. The predicted octanol–water partition coefficient (Wildman–Crippen LogP) is 1.77. The van der Waals surface area contributed by atoms with Crippen molar-refractivity contribution < 1.29 is 22.4 Å². The Morgan fingerprint density at radius 2 is 2.06 bits per heavy atom. The molecule has 1 amide bonds. The van der Waals surface area contributed by atoms with E-state index in [0.29, 0.717) is 12.3 Å². The topological polar surface area (TPSA) is 68.3 Å². The van der Waals surface area contributed by atoms with Crippen LogP contribution in [0.3, 0.4) is 0 Å². The Morgan fingerprint density at radius 3 is 2.47 bits per heavy atom. The summed E-state index contributed by atoms with van der Waals surface area (Å²) in [6.07, 6.45) is -4.02. The molecule has 3 N–H and O–H groups in total. The molecule has 0 spiro atoms. The van der Waals surface area contributed by atoms with E-state index < -0.39 is 23.2 Å². The predicted molar refractivity (Wildman–Crippen MR) is 54.3 cm³/mol. The summed E-state index contributed by atoms with van der Waals surface area (Å²) in [6.45, 7) is 3.49. The molecule has 17 heavy (non-hydrogen) atoms. The third-order valence-electron chi connectivity index (χ3n) is 1.86. The van der Waals surface area contributed by atoms with Crippen molar-refractivity contribution in [2.75, 3.05) is 6.54 Å². The van der Waals surface area contributed by atoms with Gasteiger partial charge in [-0.1, -0.05) is 0 Å². The Morgan fingerprint density at radius 1 is 1.47 bits per heavy atom. The zero-order valence-corrected chi connectivity index (χ0v) is 9.39. The molecule has 1 aromatic heterocycles. The first kappa shape index (κ1) is 13.6. The number of rotatable bonds is 3.